The van der Waals surface area contributed by atoms with E-state index in [1.165, 1.54) is 4.68 Å². The van der Waals surface area contributed by atoms with Crippen LogP contribution in [0.4, 0.5) is 5.69 Å². The summed E-state index contributed by atoms with van der Waals surface area (Å²) in [7, 11) is 1.72. The fourth-order valence-corrected chi connectivity index (χ4v) is 2.49. The maximum Gasteiger partial charge on any atom is 0.273 e. The molecule has 2 aromatic rings. The highest BCUT2D eigenvalue weighted by atomic mass is 16.5. The number of nitrogens with zero attached hydrogens (tertiary/aromatic N) is 3. The van der Waals surface area contributed by atoms with E-state index in [0.29, 0.717) is 30.2 Å². The van der Waals surface area contributed by atoms with Gasteiger partial charge >= 0.3 is 0 Å². The summed E-state index contributed by atoms with van der Waals surface area (Å²) in [5, 5.41) is 6.97. The largest absolute Gasteiger partial charge is 0.484 e. The van der Waals surface area contributed by atoms with Crippen LogP contribution in [0.15, 0.2) is 30.3 Å². The smallest absolute Gasteiger partial charge is 0.273 e. The quantitative estimate of drug-likeness (QED) is 0.836. The lowest BCUT2D eigenvalue weighted by molar-refractivity contribution is -0.132. The normalized spacial score (nSPS) is 10.4. The molecule has 1 heterocycles. The topological polar surface area (TPSA) is 76.5 Å². The Morgan fingerprint density at radius 2 is 1.96 bits per heavy atom. The third-order valence-corrected chi connectivity index (χ3v) is 3.80. The highest BCUT2D eigenvalue weighted by Gasteiger charge is 2.13. The minimum Gasteiger partial charge on any atom is -0.484 e. The zero-order valence-electron chi connectivity index (χ0n) is 15.1. The van der Waals surface area contributed by atoms with Crippen molar-refractivity contribution in [2.24, 2.45) is 7.05 Å². The molecule has 0 bridgehead atoms. The molecule has 0 spiro atoms. The van der Waals surface area contributed by atoms with Gasteiger partial charge in [0.15, 0.2) is 6.61 Å². The molecule has 1 N–H and O–H groups in total. The molecule has 0 aliphatic rings. The van der Waals surface area contributed by atoms with Gasteiger partial charge in [-0.25, -0.2) is 0 Å². The predicted molar refractivity (Wildman–Crippen MR) is 95.8 cm³/mol. The van der Waals surface area contributed by atoms with Crippen molar-refractivity contribution in [3.05, 3.63) is 41.7 Å². The lowest BCUT2D eigenvalue weighted by Crippen LogP contribution is -2.34. The Labute approximate surface area is 147 Å². The van der Waals surface area contributed by atoms with Crippen LogP contribution >= 0.6 is 0 Å². The van der Waals surface area contributed by atoms with E-state index >= 15 is 0 Å². The van der Waals surface area contributed by atoms with Crippen molar-refractivity contribution >= 4 is 17.5 Å². The lowest BCUT2D eigenvalue weighted by atomic mass is 10.3. The number of carbonyl (C=O) groups excluding carboxylic acids is 2. The third kappa shape index (κ3) is 4.82. The standard InChI is InChI=1S/C18H24N4O3/c1-5-22(6-2)17(23)12-25-15-9-7-8-14(11-15)19-18(24)16-10-13(3)20-21(16)4/h7-11H,5-6,12H2,1-4H3,(H,19,24). The zero-order chi connectivity index (χ0) is 18.4. The van der Waals surface area contributed by atoms with Crippen molar-refractivity contribution in [3.8, 4) is 5.75 Å². The van der Waals surface area contributed by atoms with Crippen molar-refractivity contribution in [2.75, 3.05) is 25.0 Å². The van der Waals surface area contributed by atoms with Gasteiger partial charge < -0.3 is 15.0 Å². The monoisotopic (exact) mass is 344 g/mol. The Morgan fingerprint density at radius 1 is 1.24 bits per heavy atom. The molecule has 0 saturated heterocycles. The first-order valence-electron chi connectivity index (χ1n) is 8.27. The van der Waals surface area contributed by atoms with Crippen LogP contribution in [0.1, 0.15) is 30.0 Å². The number of rotatable bonds is 7. The van der Waals surface area contributed by atoms with Gasteiger partial charge in [-0.05, 0) is 39.0 Å². The average Bonchev–Trinajstić information content (AvgIpc) is 2.93. The van der Waals surface area contributed by atoms with Gasteiger partial charge in [0.2, 0.25) is 0 Å². The van der Waals surface area contributed by atoms with E-state index < -0.39 is 0 Å². The second-order valence-corrected chi connectivity index (χ2v) is 5.63. The van der Waals surface area contributed by atoms with Gasteiger partial charge in [0, 0.05) is 31.9 Å². The second kappa shape index (κ2) is 8.32. The fraction of sp³-hybridized carbons (Fsp3) is 0.389. The Morgan fingerprint density at radius 3 is 2.56 bits per heavy atom. The molecule has 0 aliphatic heterocycles. The Balaban J connectivity index is 2.00. The number of anilines is 1. The van der Waals surface area contributed by atoms with Crippen LogP contribution < -0.4 is 10.1 Å². The molecular weight excluding hydrogens is 320 g/mol. The van der Waals surface area contributed by atoms with Gasteiger partial charge in [-0.15, -0.1) is 0 Å². The van der Waals surface area contributed by atoms with Crippen molar-refractivity contribution in [1.29, 1.82) is 0 Å². The highest BCUT2D eigenvalue weighted by molar-refractivity contribution is 6.03. The maximum absolute atomic E-state index is 12.3. The number of hydrogen-bond acceptors (Lipinski definition) is 4. The molecule has 2 amide bonds. The van der Waals surface area contributed by atoms with Crippen LogP contribution in [0, 0.1) is 6.92 Å². The average molecular weight is 344 g/mol. The minimum absolute atomic E-state index is 0.0278. The van der Waals surface area contributed by atoms with Crippen molar-refractivity contribution < 1.29 is 14.3 Å². The Bertz CT molecular complexity index is 751. The minimum atomic E-state index is -0.250. The van der Waals surface area contributed by atoms with Gasteiger partial charge in [-0.2, -0.15) is 5.10 Å². The molecule has 134 valence electrons. The molecule has 0 unspecified atom stereocenters. The third-order valence-electron chi connectivity index (χ3n) is 3.80. The summed E-state index contributed by atoms with van der Waals surface area (Å²) >= 11 is 0. The number of ether oxygens (including phenoxy) is 1. The lowest BCUT2D eigenvalue weighted by Gasteiger charge is -2.18. The number of benzene rings is 1. The molecule has 0 saturated carbocycles. The zero-order valence-corrected chi connectivity index (χ0v) is 15.1. The van der Waals surface area contributed by atoms with Gasteiger partial charge in [-0.1, -0.05) is 6.07 Å². The Hall–Kier alpha value is -2.83. The van der Waals surface area contributed by atoms with Gasteiger partial charge in [0.25, 0.3) is 11.8 Å². The summed E-state index contributed by atoms with van der Waals surface area (Å²) in [6, 6.07) is 8.69. The van der Waals surface area contributed by atoms with Gasteiger partial charge in [0.1, 0.15) is 11.4 Å². The number of amides is 2. The number of aryl methyl sites for hydroxylation is 2. The molecule has 7 heteroatoms. The molecule has 0 fully saturated rings. The van der Waals surface area contributed by atoms with E-state index in [0.717, 1.165) is 5.69 Å². The second-order valence-electron chi connectivity index (χ2n) is 5.63. The SMILES string of the molecule is CCN(CC)C(=O)COc1cccc(NC(=O)c2cc(C)nn2C)c1. The first kappa shape index (κ1) is 18.5. The first-order chi connectivity index (χ1) is 11.9. The number of likely N-dealkylation sites (N-methyl/N-ethyl adjacent to an activating group) is 1. The molecule has 2 rings (SSSR count). The first-order valence-corrected chi connectivity index (χ1v) is 8.27. The molecule has 0 aliphatic carbocycles. The molecular formula is C18H24N4O3. The van der Waals surface area contributed by atoms with Gasteiger partial charge in [0.05, 0.1) is 5.69 Å². The highest BCUT2D eigenvalue weighted by Crippen LogP contribution is 2.18. The number of hydrogen-bond donors (Lipinski definition) is 1. The van der Waals surface area contributed by atoms with Crippen LogP contribution in [-0.4, -0.2) is 46.2 Å². The van der Waals surface area contributed by atoms with E-state index in [9.17, 15) is 9.59 Å². The van der Waals surface area contributed by atoms with Crippen LogP contribution in [0.2, 0.25) is 0 Å². The summed E-state index contributed by atoms with van der Waals surface area (Å²) in [4.78, 5) is 26.0. The molecule has 0 radical (unpaired) electrons. The van der Waals surface area contributed by atoms with E-state index in [-0.39, 0.29) is 18.4 Å². The van der Waals surface area contributed by atoms with E-state index in [4.69, 9.17) is 4.74 Å². The number of nitrogens with one attached hydrogen (secondary N) is 1. The van der Waals surface area contributed by atoms with Crippen LogP contribution in [0.25, 0.3) is 0 Å². The molecule has 25 heavy (non-hydrogen) atoms. The summed E-state index contributed by atoms with van der Waals surface area (Å²) < 4.78 is 7.08. The summed E-state index contributed by atoms with van der Waals surface area (Å²) in [5.74, 6) is 0.212. The van der Waals surface area contributed by atoms with E-state index in [1.807, 2.05) is 20.8 Å². The van der Waals surface area contributed by atoms with Crippen molar-refractivity contribution in [3.63, 3.8) is 0 Å². The molecule has 1 aromatic heterocycles. The molecule has 1 aromatic carbocycles. The summed E-state index contributed by atoms with van der Waals surface area (Å²) in [6.45, 7) is 6.96. The van der Waals surface area contributed by atoms with Gasteiger partial charge in [-0.3, -0.25) is 14.3 Å². The van der Waals surface area contributed by atoms with E-state index in [2.05, 4.69) is 10.4 Å². The fourth-order valence-electron chi connectivity index (χ4n) is 2.49. The predicted octanol–water partition coefficient (Wildman–Crippen LogP) is 2.23. The van der Waals surface area contributed by atoms with Crippen LogP contribution in [0.5, 0.6) is 5.75 Å². The van der Waals surface area contributed by atoms with Crippen LogP contribution in [0.3, 0.4) is 0 Å². The van der Waals surface area contributed by atoms with E-state index in [1.54, 1.807) is 42.3 Å². The Kier molecular flexibility index (Phi) is 6.16. The molecule has 7 nitrogen and oxygen atoms in total. The summed E-state index contributed by atoms with van der Waals surface area (Å²) in [6.07, 6.45) is 0. The molecule has 0 atom stereocenters. The summed E-state index contributed by atoms with van der Waals surface area (Å²) in [5.41, 5.74) is 1.84. The number of aromatic nitrogens is 2. The number of carbonyl (C=O) groups is 2. The van der Waals surface area contributed by atoms with Crippen molar-refractivity contribution in [2.45, 2.75) is 20.8 Å². The van der Waals surface area contributed by atoms with Crippen LogP contribution in [-0.2, 0) is 11.8 Å². The maximum atomic E-state index is 12.3. The van der Waals surface area contributed by atoms with Crippen molar-refractivity contribution in [1.82, 2.24) is 14.7 Å².